The molecule has 0 radical (unpaired) electrons. The van der Waals surface area contributed by atoms with Gasteiger partial charge in [-0.15, -0.1) is 12.4 Å². The highest BCUT2D eigenvalue weighted by molar-refractivity contribution is 5.95. The fourth-order valence-corrected chi connectivity index (χ4v) is 1.82. The number of benzene rings is 1. The third kappa shape index (κ3) is 7.89. The molecule has 1 amide bonds. The van der Waals surface area contributed by atoms with E-state index in [4.69, 9.17) is 15.2 Å². The number of alkyl halides is 3. The number of methoxy groups -OCH3 is 2. The van der Waals surface area contributed by atoms with Gasteiger partial charge in [0.1, 0.15) is 5.75 Å². The summed E-state index contributed by atoms with van der Waals surface area (Å²) in [5.74, 6) is -1.59. The number of carbonyl (C=O) groups is 2. The summed E-state index contributed by atoms with van der Waals surface area (Å²) in [7, 11) is 2.51. The Labute approximate surface area is 154 Å². The number of anilines is 1. The van der Waals surface area contributed by atoms with E-state index in [1.165, 1.54) is 19.2 Å². The first-order valence-electron chi connectivity index (χ1n) is 7.14. The number of hydrogen-bond acceptors (Lipinski definition) is 6. The van der Waals surface area contributed by atoms with E-state index in [-0.39, 0.29) is 42.4 Å². The van der Waals surface area contributed by atoms with E-state index in [0.29, 0.717) is 0 Å². The molecule has 0 spiro atoms. The van der Waals surface area contributed by atoms with Crippen molar-refractivity contribution in [2.24, 2.45) is 5.73 Å². The number of hydrogen-bond donors (Lipinski definition) is 2. The standard InChI is InChI=1S/C15H19F3N2O5.ClH/c1-23-10(7-19)6-13(21)20-11-4-3-9(14(22)24-2)5-12(11)25-8-15(16,17)18;/h3-5,10H,6-8,19H2,1-2H3,(H,20,21);1H. The number of rotatable bonds is 8. The topological polar surface area (TPSA) is 99.9 Å². The Hall–Kier alpha value is -2.04. The maximum absolute atomic E-state index is 12.4. The van der Waals surface area contributed by atoms with Gasteiger partial charge in [-0.05, 0) is 18.2 Å². The molecular weight excluding hydrogens is 381 g/mol. The van der Waals surface area contributed by atoms with Gasteiger partial charge in [0, 0.05) is 13.7 Å². The predicted octanol–water partition coefficient (Wildman–Crippen LogP) is 2.14. The normalized spacial score (nSPS) is 11.9. The summed E-state index contributed by atoms with van der Waals surface area (Å²) in [5, 5.41) is 2.41. The van der Waals surface area contributed by atoms with E-state index in [1.807, 2.05) is 0 Å². The maximum atomic E-state index is 12.4. The van der Waals surface area contributed by atoms with Crippen LogP contribution in [-0.4, -0.2) is 51.5 Å². The van der Waals surface area contributed by atoms with Crippen LogP contribution in [-0.2, 0) is 14.3 Å². The maximum Gasteiger partial charge on any atom is 0.422 e. The number of nitrogens with one attached hydrogen (secondary N) is 1. The van der Waals surface area contributed by atoms with Crippen LogP contribution >= 0.6 is 12.4 Å². The number of ether oxygens (including phenoxy) is 3. The highest BCUT2D eigenvalue weighted by atomic mass is 35.5. The summed E-state index contributed by atoms with van der Waals surface area (Å²) in [5.41, 5.74) is 5.37. The molecule has 7 nitrogen and oxygen atoms in total. The van der Waals surface area contributed by atoms with Gasteiger partial charge in [0.25, 0.3) is 0 Å². The van der Waals surface area contributed by atoms with Crippen molar-refractivity contribution in [2.45, 2.75) is 18.7 Å². The minimum atomic E-state index is -4.58. The SMILES string of the molecule is COC(=O)c1ccc(NC(=O)CC(CN)OC)c(OCC(F)(F)F)c1.Cl. The van der Waals surface area contributed by atoms with Crippen molar-refractivity contribution in [3.05, 3.63) is 23.8 Å². The van der Waals surface area contributed by atoms with Gasteiger partial charge < -0.3 is 25.3 Å². The van der Waals surface area contributed by atoms with Crippen molar-refractivity contribution in [1.82, 2.24) is 0 Å². The van der Waals surface area contributed by atoms with Crippen molar-refractivity contribution in [2.75, 3.05) is 32.7 Å². The number of esters is 1. The second-order valence-corrected chi connectivity index (χ2v) is 4.95. The van der Waals surface area contributed by atoms with E-state index in [0.717, 1.165) is 13.2 Å². The monoisotopic (exact) mass is 400 g/mol. The Balaban J connectivity index is 0.00000625. The van der Waals surface area contributed by atoms with Crippen LogP contribution in [0, 0.1) is 0 Å². The smallest absolute Gasteiger partial charge is 0.422 e. The van der Waals surface area contributed by atoms with Gasteiger partial charge >= 0.3 is 12.1 Å². The van der Waals surface area contributed by atoms with Crippen molar-refractivity contribution < 1.29 is 37.0 Å². The second kappa shape index (κ2) is 10.8. The van der Waals surface area contributed by atoms with Crippen molar-refractivity contribution in [3.8, 4) is 5.75 Å². The molecular formula is C15H20ClF3N2O5. The van der Waals surface area contributed by atoms with Crippen LogP contribution in [0.1, 0.15) is 16.8 Å². The number of amides is 1. The van der Waals surface area contributed by atoms with Crippen LogP contribution in [0.4, 0.5) is 18.9 Å². The first kappa shape index (κ1) is 24.0. The van der Waals surface area contributed by atoms with Crippen LogP contribution in [0.3, 0.4) is 0 Å². The second-order valence-electron chi connectivity index (χ2n) is 4.95. The molecule has 0 saturated carbocycles. The van der Waals surface area contributed by atoms with Gasteiger partial charge in [-0.25, -0.2) is 4.79 Å². The zero-order valence-electron chi connectivity index (χ0n) is 14.1. The molecule has 0 heterocycles. The summed E-state index contributed by atoms with van der Waals surface area (Å²) in [6.45, 7) is -1.48. The molecule has 0 aliphatic heterocycles. The largest absolute Gasteiger partial charge is 0.482 e. The molecule has 148 valence electrons. The van der Waals surface area contributed by atoms with Gasteiger partial charge in [-0.3, -0.25) is 4.79 Å². The van der Waals surface area contributed by atoms with Gasteiger partial charge in [-0.1, -0.05) is 0 Å². The molecule has 0 aliphatic rings. The summed E-state index contributed by atoms with van der Waals surface area (Å²) < 4.78 is 51.3. The summed E-state index contributed by atoms with van der Waals surface area (Å²) in [6.07, 6.45) is -5.21. The lowest BCUT2D eigenvalue weighted by Gasteiger charge is -2.16. The predicted molar refractivity (Wildman–Crippen MR) is 89.7 cm³/mol. The lowest BCUT2D eigenvalue weighted by Crippen LogP contribution is -2.28. The lowest BCUT2D eigenvalue weighted by molar-refractivity contribution is -0.153. The van der Waals surface area contributed by atoms with Crippen LogP contribution in [0.15, 0.2) is 18.2 Å². The average Bonchev–Trinajstić information content (AvgIpc) is 2.57. The van der Waals surface area contributed by atoms with E-state index < -0.39 is 30.8 Å². The van der Waals surface area contributed by atoms with E-state index in [9.17, 15) is 22.8 Å². The molecule has 0 saturated heterocycles. The number of nitrogens with two attached hydrogens (primary N) is 1. The van der Waals surface area contributed by atoms with Crippen LogP contribution < -0.4 is 15.8 Å². The molecule has 1 rings (SSSR count). The Morgan fingerprint density at radius 2 is 1.92 bits per heavy atom. The molecule has 0 aromatic heterocycles. The molecule has 0 fully saturated rings. The molecule has 11 heteroatoms. The number of halogens is 4. The van der Waals surface area contributed by atoms with Crippen LogP contribution in [0.5, 0.6) is 5.75 Å². The molecule has 3 N–H and O–H groups in total. The lowest BCUT2D eigenvalue weighted by atomic mass is 10.1. The van der Waals surface area contributed by atoms with Crippen molar-refractivity contribution in [1.29, 1.82) is 0 Å². The third-order valence-electron chi connectivity index (χ3n) is 3.08. The van der Waals surface area contributed by atoms with E-state index in [2.05, 4.69) is 10.1 Å². The number of carbonyl (C=O) groups excluding carboxylic acids is 2. The Kier molecular flexibility index (Phi) is 9.99. The van der Waals surface area contributed by atoms with Crippen LogP contribution in [0.25, 0.3) is 0 Å². The van der Waals surface area contributed by atoms with Crippen molar-refractivity contribution >= 4 is 30.0 Å². The Morgan fingerprint density at radius 3 is 2.42 bits per heavy atom. The minimum Gasteiger partial charge on any atom is -0.482 e. The fourth-order valence-electron chi connectivity index (χ4n) is 1.82. The first-order chi connectivity index (χ1) is 11.7. The quantitative estimate of drug-likeness (QED) is 0.648. The van der Waals surface area contributed by atoms with E-state index in [1.54, 1.807) is 0 Å². The van der Waals surface area contributed by atoms with Gasteiger partial charge in [0.2, 0.25) is 5.91 Å². The zero-order valence-corrected chi connectivity index (χ0v) is 14.9. The molecule has 1 aromatic carbocycles. The van der Waals surface area contributed by atoms with Gasteiger partial charge in [0.15, 0.2) is 6.61 Å². The highest BCUT2D eigenvalue weighted by Crippen LogP contribution is 2.28. The Bertz CT molecular complexity index is 609. The average molecular weight is 401 g/mol. The highest BCUT2D eigenvalue weighted by Gasteiger charge is 2.29. The summed E-state index contributed by atoms with van der Waals surface area (Å²) in [4.78, 5) is 23.5. The van der Waals surface area contributed by atoms with Gasteiger partial charge in [0.05, 0.1) is 30.9 Å². The van der Waals surface area contributed by atoms with Crippen LogP contribution in [0.2, 0.25) is 0 Å². The van der Waals surface area contributed by atoms with E-state index >= 15 is 0 Å². The van der Waals surface area contributed by atoms with Crippen molar-refractivity contribution in [3.63, 3.8) is 0 Å². The Morgan fingerprint density at radius 1 is 1.27 bits per heavy atom. The fraction of sp³-hybridized carbons (Fsp3) is 0.467. The van der Waals surface area contributed by atoms with Gasteiger partial charge in [-0.2, -0.15) is 13.2 Å². The molecule has 1 unspecified atom stereocenters. The zero-order chi connectivity index (χ0) is 19.0. The summed E-state index contributed by atoms with van der Waals surface area (Å²) >= 11 is 0. The molecule has 26 heavy (non-hydrogen) atoms. The molecule has 0 bridgehead atoms. The molecule has 0 aliphatic carbocycles. The summed E-state index contributed by atoms with van der Waals surface area (Å²) in [6, 6.07) is 3.60. The third-order valence-corrected chi connectivity index (χ3v) is 3.08. The minimum absolute atomic E-state index is 0. The molecule has 1 aromatic rings. The molecule has 1 atom stereocenters. The first-order valence-corrected chi connectivity index (χ1v) is 7.14.